The van der Waals surface area contributed by atoms with Crippen molar-refractivity contribution in [2.45, 2.75) is 6.92 Å². The van der Waals surface area contributed by atoms with Gasteiger partial charge in [-0.3, -0.25) is 4.79 Å². The van der Waals surface area contributed by atoms with Crippen LogP contribution in [0.4, 0.5) is 10.1 Å². The van der Waals surface area contributed by atoms with Gasteiger partial charge in [0.2, 0.25) is 0 Å². The molecule has 0 aliphatic carbocycles. The molecule has 0 heterocycles. The highest BCUT2D eigenvalue weighted by atomic mass is 19.1. The number of benzene rings is 2. The van der Waals surface area contributed by atoms with E-state index in [1.807, 2.05) is 13.0 Å². The third-order valence-corrected chi connectivity index (χ3v) is 2.98. The Bertz CT molecular complexity index is 761. The van der Waals surface area contributed by atoms with Gasteiger partial charge in [0, 0.05) is 0 Å². The number of carbonyl (C=O) groups excluding carboxylic acids is 1. The van der Waals surface area contributed by atoms with Gasteiger partial charge in [-0.15, -0.1) is 0 Å². The van der Waals surface area contributed by atoms with Gasteiger partial charge in [0.25, 0.3) is 5.91 Å². The first-order valence-corrected chi connectivity index (χ1v) is 7.04. The van der Waals surface area contributed by atoms with Crippen LogP contribution in [0.1, 0.15) is 12.5 Å². The fourth-order valence-corrected chi connectivity index (χ4v) is 1.92. The molecule has 0 aliphatic rings. The number of nitrogens with zero attached hydrogens (tertiary/aromatic N) is 1. The van der Waals surface area contributed by atoms with Crippen molar-refractivity contribution in [2.24, 2.45) is 0 Å². The van der Waals surface area contributed by atoms with Crippen molar-refractivity contribution in [3.05, 3.63) is 65.5 Å². The van der Waals surface area contributed by atoms with Crippen molar-refractivity contribution in [1.82, 2.24) is 0 Å². The maximum Gasteiger partial charge on any atom is 0.266 e. The highest BCUT2D eigenvalue weighted by Gasteiger charge is 2.12. The minimum Gasteiger partial charge on any atom is -0.492 e. The first-order valence-electron chi connectivity index (χ1n) is 7.04. The number of hydrogen-bond donors (Lipinski definition) is 1. The summed E-state index contributed by atoms with van der Waals surface area (Å²) >= 11 is 0. The lowest BCUT2D eigenvalue weighted by molar-refractivity contribution is -0.112. The van der Waals surface area contributed by atoms with Gasteiger partial charge >= 0.3 is 0 Å². The Labute approximate surface area is 133 Å². The molecule has 0 radical (unpaired) electrons. The number of carbonyl (C=O) groups is 1. The Balaban J connectivity index is 2.21. The molecular weight excluding hydrogens is 295 g/mol. The smallest absolute Gasteiger partial charge is 0.266 e. The Kier molecular flexibility index (Phi) is 5.48. The van der Waals surface area contributed by atoms with Crippen LogP contribution in [0.3, 0.4) is 0 Å². The van der Waals surface area contributed by atoms with E-state index in [9.17, 15) is 14.4 Å². The van der Waals surface area contributed by atoms with Crippen LogP contribution < -0.4 is 10.1 Å². The molecule has 2 aromatic rings. The van der Waals surface area contributed by atoms with Gasteiger partial charge in [-0.05, 0) is 42.8 Å². The summed E-state index contributed by atoms with van der Waals surface area (Å²) in [5, 5.41) is 11.8. The normalized spacial score (nSPS) is 10.7. The van der Waals surface area contributed by atoms with Crippen molar-refractivity contribution in [1.29, 1.82) is 5.26 Å². The van der Waals surface area contributed by atoms with E-state index < -0.39 is 5.91 Å². The summed E-state index contributed by atoms with van der Waals surface area (Å²) in [4.78, 5) is 12.2. The van der Waals surface area contributed by atoms with E-state index in [-0.39, 0.29) is 11.4 Å². The number of nitriles is 1. The van der Waals surface area contributed by atoms with Crippen LogP contribution in [-0.2, 0) is 4.79 Å². The zero-order chi connectivity index (χ0) is 16.7. The summed E-state index contributed by atoms with van der Waals surface area (Å²) in [5.74, 6) is -0.401. The Morgan fingerprint density at radius 2 is 1.96 bits per heavy atom. The third kappa shape index (κ3) is 4.42. The largest absolute Gasteiger partial charge is 0.492 e. The molecule has 0 saturated heterocycles. The Hall–Kier alpha value is -3.13. The summed E-state index contributed by atoms with van der Waals surface area (Å²) in [6, 6.07) is 14.3. The second-order valence-electron chi connectivity index (χ2n) is 4.60. The fraction of sp³-hybridized carbons (Fsp3) is 0.111. The van der Waals surface area contributed by atoms with Gasteiger partial charge in [-0.25, -0.2) is 4.39 Å². The van der Waals surface area contributed by atoms with E-state index in [0.29, 0.717) is 23.6 Å². The lowest BCUT2D eigenvalue weighted by atomic mass is 10.1. The number of para-hydroxylation sites is 2. The summed E-state index contributed by atoms with van der Waals surface area (Å²) in [5.41, 5.74) is 0.971. The van der Waals surface area contributed by atoms with Crippen molar-refractivity contribution in [3.63, 3.8) is 0 Å². The Morgan fingerprint density at radius 1 is 1.26 bits per heavy atom. The maximum atomic E-state index is 12.9. The van der Waals surface area contributed by atoms with Crippen LogP contribution in [0.2, 0.25) is 0 Å². The molecule has 0 aromatic heterocycles. The first kappa shape index (κ1) is 16.2. The lowest BCUT2D eigenvalue weighted by Crippen LogP contribution is -2.14. The van der Waals surface area contributed by atoms with Gasteiger partial charge in [0.1, 0.15) is 23.2 Å². The van der Waals surface area contributed by atoms with Crippen LogP contribution in [0.5, 0.6) is 5.75 Å². The SMILES string of the molecule is CCOc1ccccc1NC(=O)/C(C#N)=C/c1ccc(F)cc1. The summed E-state index contributed by atoms with van der Waals surface area (Å²) in [7, 11) is 0. The van der Waals surface area contributed by atoms with Gasteiger partial charge < -0.3 is 10.1 Å². The number of anilines is 1. The quantitative estimate of drug-likeness (QED) is 0.675. The van der Waals surface area contributed by atoms with Crippen LogP contribution >= 0.6 is 0 Å². The minimum atomic E-state index is -0.552. The molecule has 0 fully saturated rings. The zero-order valence-electron chi connectivity index (χ0n) is 12.5. The third-order valence-electron chi connectivity index (χ3n) is 2.98. The predicted octanol–water partition coefficient (Wildman–Crippen LogP) is 3.77. The fourth-order valence-electron chi connectivity index (χ4n) is 1.92. The molecule has 0 bridgehead atoms. The zero-order valence-corrected chi connectivity index (χ0v) is 12.5. The van der Waals surface area contributed by atoms with E-state index >= 15 is 0 Å². The van der Waals surface area contributed by atoms with Gasteiger partial charge in [-0.2, -0.15) is 5.26 Å². The number of ether oxygens (including phenoxy) is 1. The van der Waals surface area contributed by atoms with Gasteiger partial charge in [0.05, 0.1) is 12.3 Å². The van der Waals surface area contributed by atoms with E-state index in [1.54, 1.807) is 24.3 Å². The van der Waals surface area contributed by atoms with Crippen LogP contribution in [0.25, 0.3) is 6.08 Å². The summed E-state index contributed by atoms with van der Waals surface area (Å²) in [6.45, 7) is 2.30. The highest BCUT2D eigenvalue weighted by Crippen LogP contribution is 2.24. The molecule has 2 aromatic carbocycles. The molecule has 4 nitrogen and oxygen atoms in total. The molecule has 116 valence electrons. The monoisotopic (exact) mass is 310 g/mol. The molecule has 0 aliphatic heterocycles. The summed E-state index contributed by atoms with van der Waals surface area (Å²) < 4.78 is 18.3. The standard InChI is InChI=1S/C18H15FN2O2/c1-2-23-17-6-4-3-5-16(17)21-18(22)14(12-20)11-13-7-9-15(19)10-8-13/h3-11H,2H2,1H3,(H,21,22)/b14-11+. The molecule has 23 heavy (non-hydrogen) atoms. The first-order chi connectivity index (χ1) is 11.1. The van der Waals surface area contributed by atoms with Crippen LogP contribution in [0.15, 0.2) is 54.1 Å². The number of rotatable bonds is 5. The maximum absolute atomic E-state index is 12.9. The summed E-state index contributed by atoms with van der Waals surface area (Å²) in [6.07, 6.45) is 1.40. The molecule has 5 heteroatoms. The molecule has 0 atom stereocenters. The van der Waals surface area contributed by atoms with Crippen molar-refractivity contribution < 1.29 is 13.9 Å². The molecule has 0 saturated carbocycles. The highest BCUT2D eigenvalue weighted by molar-refractivity contribution is 6.10. The van der Waals surface area contributed by atoms with Gasteiger partial charge in [-0.1, -0.05) is 24.3 Å². The average molecular weight is 310 g/mol. The molecular formula is C18H15FN2O2. The molecule has 0 unspecified atom stereocenters. The van der Waals surface area contributed by atoms with E-state index in [4.69, 9.17) is 4.74 Å². The van der Waals surface area contributed by atoms with Crippen LogP contribution in [0, 0.1) is 17.1 Å². The molecule has 0 spiro atoms. The minimum absolute atomic E-state index is 0.0806. The predicted molar refractivity (Wildman–Crippen MR) is 86.2 cm³/mol. The van der Waals surface area contributed by atoms with Crippen molar-refractivity contribution >= 4 is 17.7 Å². The second kappa shape index (κ2) is 7.76. The molecule has 2 rings (SSSR count). The Morgan fingerprint density at radius 3 is 2.61 bits per heavy atom. The van der Waals surface area contributed by atoms with E-state index in [1.165, 1.54) is 30.3 Å². The van der Waals surface area contributed by atoms with E-state index in [2.05, 4.69) is 5.32 Å². The number of nitrogens with one attached hydrogen (secondary N) is 1. The average Bonchev–Trinajstić information content (AvgIpc) is 2.56. The van der Waals surface area contributed by atoms with E-state index in [0.717, 1.165) is 0 Å². The van der Waals surface area contributed by atoms with Gasteiger partial charge in [0.15, 0.2) is 0 Å². The molecule has 1 N–H and O–H groups in total. The lowest BCUT2D eigenvalue weighted by Gasteiger charge is -2.10. The second-order valence-corrected chi connectivity index (χ2v) is 4.60. The van der Waals surface area contributed by atoms with Crippen molar-refractivity contribution in [3.8, 4) is 11.8 Å². The number of amides is 1. The number of halogens is 1. The molecule has 1 amide bonds. The topological polar surface area (TPSA) is 62.1 Å². The number of hydrogen-bond acceptors (Lipinski definition) is 3. The van der Waals surface area contributed by atoms with Crippen molar-refractivity contribution in [2.75, 3.05) is 11.9 Å². The van der Waals surface area contributed by atoms with Crippen LogP contribution in [-0.4, -0.2) is 12.5 Å².